The van der Waals surface area contributed by atoms with E-state index in [1.165, 1.54) is 6.92 Å². The Kier molecular flexibility index (Phi) is 10.3. The molecule has 0 aliphatic rings. The summed E-state index contributed by atoms with van der Waals surface area (Å²) in [5.41, 5.74) is -1.32. The van der Waals surface area contributed by atoms with Crippen molar-refractivity contribution in [1.29, 1.82) is 0 Å². The van der Waals surface area contributed by atoms with E-state index in [2.05, 4.69) is 0 Å². The molecule has 0 fully saturated rings. The molecule has 0 aliphatic heterocycles. The first kappa shape index (κ1) is 31.0. The van der Waals surface area contributed by atoms with Crippen LogP contribution in [-0.4, -0.2) is 60.1 Å². The van der Waals surface area contributed by atoms with Gasteiger partial charge < -0.3 is 24.4 Å². The van der Waals surface area contributed by atoms with Crippen molar-refractivity contribution in [2.45, 2.75) is 66.1 Å². The second kappa shape index (κ2) is 13.2. The molecule has 3 atom stereocenters. The van der Waals surface area contributed by atoms with Crippen LogP contribution < -0.4 is 0 Å². The number of aliphatic hydroxyl groups is 2. The van der Waals surface area contributed by atoms with Gasteiger partial charge in [-0.05, 0) is 74.6 Å². The van der Waals surface area contributed by atoms with Crippen molar-refractivity contribution in [2.75, 3.05) is 19.8 Å². The van der Waals surface area contributed by atoms with Crippen LogP contribution in [0.5, 0.6) is 0 Å². The fourth-order valence-electron chi connectivity index (χ4n) is 4.38. The lowest BCUT2D eigenvalue weighted by Crippen LogP contribution is -2.35. The maximum atomic E-state index is 13.1. The van der Waals surface area contributed by atoms with Crippen LogP contribution in [0.15, 0.2) is 54.6 Å². The SMILES string of the molecule is CCC(C)(CCC(C)(C)C(=O)OCC(O)COC(=O)c1c2ccccc2cc2ccccc12)C(=O)OCC(C)O. The lowest BCUT2D eigenvalue weighted by atomic mass is 9.76. The van der Waals surface area contributed by atoms with Gasteiger partial charge in [0.1, 0.15) is 25.9 Å². The average molecular weight is 553 g/mol. The number of aliphatic hydroxyl groups excluding tert-OH is 2. The number of benzene rings is 3. The molecule has 0 saturated heterocycles. The summed E-state index contributed by atoms with van der Waals surface area (Å²) in [7, 11) is 0. The molecular weight excluding hydrogens is 512 g/mol. The normalized spacial score (nSPS) is 14.8. The summed E-state index contributed by atoms with van der Waals surface area (Å²) in [4.78, 5) is 38.5. The number of carbonyl (C=O) groups is 3. The largest absolute Gasteiger partial charge is 0.463 e. The molecule has 0 amide bonds. The monoisotopic (exact) mass is 552 g/mol. The number of fused-ring (bicyclic) bond motifs is 2. The van der Waals surface area contributed by atoms with Gasteiger partial charge in [0.15, 0.2) is 0 Å². The van der Waals surface area contributed by atoms with E-state index in [4.69, 9.17) is 14.2 Å². The predicted octanol–water partition coefficient (Wildman–Crippen LogP) is 5.20. The summed E-state index contributed by atoms with van der Waals surface area (Å²) in [6, 6.07) is 17.1. The Bertz CT molecular complexity index is 1290. The molecular formula is C32H40O8. The van der Waals surface area contributed by atoms with Gasteiger partial charge >= 0.3 is 17.9 Å². The Morgan fingerprint density at radius 1 is 0.775 bits per heavy atom. The number of hydrogen-bond acceptors (Lipinski definition) is 8. The molecule has 3 aromatic carbocycles. The van der Waals surface area contributed by atoms with Crippen LogP contribution in [0.4, 0.5) is 0 Å². The zero-order chi connectivity index (χ0) is 29.5. The van der Waals surface area contributed by atoms with Crippen molar-refractivity contribution in [3.63, 3.8) is 0 Å². The number of ether oxygens (including phenoxy) is 3. The maximum absolute atomic E-state index is 13.1. The van der Waals surface area contributed by atoms with Crippen molar-refractivity contribution < 1.29 is 38.8 Å². The third kappa shape index (κ3) is 7.58. The summed E-state index contributed by atoms with van der Waals surface area (Å²) in [5.74, 6) is -1.52. The molecule has 216 valence electrons. The van der Waals surface area contributed by atoms with Crippen LogP contribution in [0.25, 0.3) is 21.5 Å². The highest BCUT2D eigenvalue weighted by atomic mass is 16.6. The number of carbonyl (C=O) groups excluding carboxylic acids is 3. The van der Waals surface area contributed by atoms with Gasteiger partial charge in [0.2, 0.25) is 0 Å². The molecule has 3 unspecified atom stereocenters. The van der Waals surface area contributed by atoms with Gasteiger partial charge in [-0.1, -0.05) is 55.5 Å². The average Bonchev–Trinajstić information content (AvgIpc) is 2.94. The number of hydrogen-bond donors (Lipinski definition) is 2. The molecule has 2 N–H and O–H groups in total. The highest BCUT2D eigenvalue weighted by Crippen LogP contribution is 2.35. The molecule has 0 aromatic heterocycles. The Balaban J connectivity index is 1.56. The number of esters is 3. The molecule has 3 rings (SSSR count). The Labute approximate surface area is 235 Å². The van der Waals surface area contributed by atoms with Crippen LogP contribution in [0, 0.1) is 10.8 Å². The quantitative estimate of drug-likeness (QED) is 0.169. The van der Waals surface area contributed by atoms with Gasteiger partial charge in [0, 0.05) is 0 Å². The summed E-state index contributed by atoms with van der Waals surface area (Å²) < 4.78 is 16.0. The van der Waals surface area contributed by atoms with Gasteiger partial charge in [-0.15, -0.1) is 0 Å². The van der Waals surface area contributed by atoms with Gasteiger partial charge in [-0.25, -0.2) is 4.79 Å². The van der Waals surface area contributed by atoms with Gasteiger partial charge in [-0.3, -0.25) is 9.59 Å². The third-order valence-corrected chi connectivity index (χ3v) is 7.37. The van der Waals surface area contributed by atoms with E-state index >= 15 is 0 Å². The third-order valence-electron chi connectivity index (χ3n) is 7.37. The van der Waals surface area contributed by atoms with Crippen LogP contribution in [0.3, 0.4) is 0 Å². The standard InChI is InChI=1S/C32H40O8/c1-6-32(5,30(37)39-18-21(2)33)16-15-31(3,4)29(36)40-20-24(34)19-38-28(35)27-25-13-9-7-11-22(25)17-23-12-8-10-14-26(23)27/h7-14,17,21,24,33-34H,6,15-16,18-20H2,1-5H3. The minimum atomic E-state index is -1.21. The van der Waals surface area contributed by atoms with Crippen molar-refractivity contribution >= 4 is 39.5 Å². The topological polar surface area (TPSA) is 119 Å². The minimum absolute atomic E-state index is 0.0843. The molecule has 40 heavy (non-hydrogen) atoms. The molecule has 0 heterocycles. The zero-order valence-corrected chi connectivity index (χ0v) is 23.9. The highest BCUT2D eigenvalue weighted by Gasteiger charge is 2.38. The van der Waals surface area contributed by atoms with E-state index in [1.54, 1.807) is 20.8 Å². The molecule has 3 aromatic rings. The van der Waals surface area contributed by atoms with Gasteiger partial charge in [-0.2, -0.15) is 0 Å². The fraction of sp³-hybridized carbons (Fsp3) is 0.469. The molecule has 0 bridgehead atoms. The fourth-order valence-corrected chi connectivity index (χ4v) is 4.38. The van der Waals surface area contributed by atoms with E-state index < -0.39 is 40.9 Å². The summed E-state index contributed by atoms with van der Waals surface area (Å²) >= 11 is 0. The van der Waals surface area contributed by atoms with Crippen molar-refractivity contribution in [3.8, 4) is 0 Å². The first-order valence-corrected chi connectivity index (χ1v) is 13.7. The van der Waals surface area contributed by atoms with Gasteiger partial charge in [0.25, 0.3) is 0 Å². The zero-order valence-electron chi connectivity index (χ0n) is 23.9. The highest BCUT2D eigenvalue weighted by molar-refractivity contribution is 6.16. The van der Waals surface area contributed by atoms with Crippen molar-refractivity contribution in [2.24, 2.45) is 10.8 Å². The van der Waals surface area contributed by atoms with Crippen LogP contribution >= 0.6 is 0 Å². The van der Waals surface area contributed by atoms with Crippen LogP contribution in [-0.2, 0) is 23.8 Å². The van der Waals surface area contributed by atoms with Crippen molar-refractivity contribution in [1.82, 2.24) is 0 Å². The Morgan fingerprint density at radius 3 is 1.85 bits per heavy atom. The second-order valence-electron chi connectivity index (χ2n) is 11.3. The smallest absolute Gasteiger partial charge is 0.339 e. The van der Waals surface area contributed by atoms with E-state index in [9.17, 15) is 24.6 Å². The maximum Gasteiger partial charge on any atom is 0.339 e. The summed E-state index contributed by atoms with van der Waals surface area (Å²) in [6.07, 6.45) is -0.732. The summed E-state index contributed by atoms with van der Waals surface area (Å²) in [5, 5.41) is 23.1. The molecule has 0 saturated carbocycles. The molecule has 8 heteroatoms. The van der Waals surface area contributed by atoms with Gasteiger partial charge in [0.05, 0.1) is 22.5 Å². The van der Waals surface area contributed by atoms with E-state index in [-0.39, 0.29) is 19.8 Å². The van der Waals surface area contributed by atoms with E-state index in [1.807, 2.05) is 61.5 Å². The molecule has 8 nitrogen and oxygen atoms in total. The Morgan fingerprint density at radius 2 is 1.30 bits per heavy atom. The predicted molar refractivity (Wildman–Crippen MR) is 153 cm³/mol. The van der Waals surface area contributed by atoms with E-state index in [0.717, 1.165) is 21.5 Å². The first-order chi connectivity index (χ1) is 18.9. The van der Waals surface area contributed by atoms with E-state index in [0.29, 0.717) is 24.8 Å². The number of rotatable bonds is 13. The van der Waals surface area contributed by atoms with Crippen LogP contribution in [0.2, 0.25) is 0 Å². The minimum Gasteiger partial charge on any atom is -0.463 e. The van der Waals surface area contributed by atoms with Crippen LogP contribution in [0.1, 0.15) is 64.2 Å². The lowest BCUT2D eigenvalue weighted by molar-refractivity contribution is -0.162. The second-order valence-corrected chi connectivity index (χ2v) is 11.3. The first-order valence-electron chi connectivity index (χ1n) is 13.7. The molecule has 0 spiro atoms. The van der Waals surface area contributed by atoms with Crippen molar-refractivity contribution in [3.05, 3.63) is 60.2 Å². The molecule has 0 aliphatic carbocycles. The lowest BCUT2D eigenvalue weighted by Gasteiger charge is -2.30. The summed E-state index contributed by atoms with van der Waals surface area (Å²) in [6.45, 7) is 7.84. The Hall–Kier alpha value is -3.49. The molecule has 0 radical (unpaired) electrons.